The second-order valence-electron chi connectivity index (χ2n) is 7.66. The number of pyridine rings is 1. The van der Waals surface area contributed by atoms with E-state index in [9.17, 15) is 4.79 Å². The molecule has 5 rings (SSSR count). The number of nitrogens with zero attached hydrogens (tertiary/aromatic N) is 3. The minimum atomic E-state index is -0.263. The van der Waals surface area contributed by atoms with Crippen molar-refractivity contribution in [1.82, 2.24) is 19.4 Å². The number of morpholine rings is 1. The fraction of sp³-hybridized carbons (Fsp3) is 0.250. The Balaban J connectivity index is 0.00000231. The number of halogens is 1. The summed E-state index contributed by atoms with van der Waals surface area (Å²) in [6.07, 6.45) is 1.56. The summed E-state index contributed by atoms with van der Waals surface area (Å²) in [6.45, 7) is 3.10. The molecule has 0 amide bonds. The molecular formula is C24H25ClN4O2. The van der Waals surface area contributed by atoms with E-state index in [0.717, 1.165) is 30.7 Å². The summed E-state index contributed by atoms with van der Waals surface area (Å²) in [5, 5.41) is 0. The standard InChI is InChI=1S/C24H24N4O2.ClH/c29-24-26-20-12-7-13-25-23(20)28(24)22(19-10-5-2-6-11-19)21-17-27(14-15-30-21)16-18-8-3-1-4-9-18;/h1-13,21-22H,14-17H2,(H,26,29);1H. The number of aromatic nitrogens is 3. The van der Waals surface area contributed by atoms with Gasteiger partial charge in [-0.25, -0.2) is 9.78 Å². The van der Waals surface area contributed by atoms with E-state index in [1.807, 2.05) is 36.4 Å². The van der Waals surface area contributed by atoms with Crippen LogP contribution in [0, 0.1) is 0 Å². The van der Waals surface area contributed by atoms with Crippen LogP contribution in [-0.4, -0.2) is 45.2 Å². The van der Waals surface area contributed by atoms with Crippen molar-refractivity contribution in [2.24, 2.45) is 0 Å². The van der Waals surface area contributed by atoms with Gasteiger partial charge in [0.15, 0.2) is 5.65 Å². The Bertz CT molecular complexity index is 1180. The minimum absolute atomic E-state index is 0. The van der Waals surface area contributed by atoms with Crippen LogP contribution in [0.5, 0.6) is 0 Å². The van der Waals surface area contributed by atoms with Crippen LogP contribution in [0.4, 0.5) is 0 Å². The van der Waals surface area contributed by atoms with Crippen molar-refractivity contribution < 1.29 is 4.74 Å². The number of hydrogen-bond donors (Lipinski definition) is 1. The molecule has 1 fully saturated rings. The molecule has 7 heteroatoms. The Morgan fingerprint density at radius 2 is 1.77 bits per heavy atom. The van der Waals surface area contributed by atoms with Crippen LogP contribution in [-0.2, 0) is 11.3 Å². The normalized spacial score (nSPS) is 17.9. The van der Waals surface area contributed by atoms with Gasteiger partial charge in [0.25, 0.3) is 0 Å². The predicted molar refractivity (Wildman–Crippen MR) is 124 cm³/mol. The quantitative estimate of drug-likeness (QED) is 0.519. The van der Waals surface area contributed by atoms with Gasteiger partial charge in [0.2, 0.25) is 0 Å². The van der Waals surface area contributed by atoms with Gasteiger partial charge in [0.1, 0.15) is 0 Å². The number of imidazole rings is 1. The monoisotopic (exact) mass is 436 g/mol. The molecule has 1 aliphatic rings. The molecule has 6 nitrogen and oxygen atoms in total. The number of aromatic amines is 1. The van der Waals surface area contributed by atoms with E-state index in [1.165, 1.54) is 5.56 Å². The molecule has 1 saturated heterocycles. The van der Waals surface area contributed by atoms with Crippen LogP contribution < -0.4 is 5.69 Å². The molecule has 31 heavy (non-hydrogen) atoms. The van der Waals surface area contributed by atoms with Crippen molar-refractivity contribution in [3.63, 3.8) is 0 Å². The summed E-state index contributed by atoms with van der Waals surface area (Å²) in [4.78, 5) is 22.8. The molecule has 0 aliphatic carbocycles. The molecule has 1 N–H and O–H groups in total. The molecule has 2 aromatic heterocycles. The summed E-state index contributed by atoms with van der Waals surface area (Å²) in [5.41, 5.74) is 3.54. The minimum Gasteiger partial charge on any atom is -0.373 e. The molecule has 2 aromatic carbocycles. The first-order valence-electron chi connectivity index (χ1n) is 10.3. The van der Waals surface area contributed by atoms with E-state index in [-0.39, 0.29) is 30.2 Å². The van der Waals surface area contributed by atoms with Crippen LogP contribution >= 0.6 is 12.4 Å². The lowest BCUT2D eigenvalue weighted by atomic mass is 9.99. The third-order valence-corrected chi connectivity index (χ3v) is 5.67. The van der Waals surface area contributed by atoms with E-state index in [2.05, 4.69) is 51.3 Å². The molecular weight excluding hydrogens is 412 g/mol. The Morgan fingerprint density at radius 1 is 1.03 bits per heavy atom. The summed E-state index contributed by atoms with van der Waals surface area (Å²) in [5.74, 6) is 0. The average Bonchev–Trinajstić information content (AvgIpc) is 3.12. The smallest absolute Gasteiger partial charge is 0.328 e. The van der Waals surface area contributed by atoms with Gasteiger partial charge in [-0.15, -0.1) is 12.4 Å². The summed E-state index contributed by atoms with van der Waals surface area (Å²) < 4.78 is 8.00. The van der Waals surface area contributed by atoms with Gasteiger partial charge >= 0.3 is 5.69 Å². The second kappa shape index (κ2) is 9.47. The fourth-order valence-corrected chi connectivity index (χ4v) is 4.30. The molecule has 0 saturated carbocycles. The number of ether oxygens (including phenoxy) is 1. The van der Waals surface area contributed by atoms with Crippen molar-refractivity contribution in [3.05, 3.63) is 101 Å². The van der Waals surface area contributed by atoms with Gasteiger partial charge in [-0.05, 0) is 23.3 Å². The van der Waals surface area contributed by atoms with Gasteiger partial charge in [0, 0.05) is 25.8 Å². The Labute approximate surface area is 186 Å². The first-order chi connectivity index (χ1) is 14.8. The van der Waals surface area contributed by atoms with Crippen molar-refractivity contribution >= 4 is 23.6 Å². The summed E-state index contributed by atoms with van der Waals surface area (Å²) >= 11 is 0. The largest absolute Gasteiger partial charge is 0.373 e. The Hall–Kier alpha value is -2.93. The first-order valence-corrected chi connectivity index (χ1v) is 10.3. The fourth-order valence-electron chi connectivity index (χ4n) is 4.30. The van der Waals surface area contributed by atoms with Gasteiger partial charge in [-0.2, -0.15) is 0 Å². The maximum Gasteiger partial charge on any atom is 0.328 e. The predicted octanol–water partition coefficient (Wildman–Crippen LogP) is 3.64. The highest BCUT2D eigenvalue weighted by Gasteiger charge is 2.33. The number of rotatable bonds is 5. The van der Waals surface area contributed by atoms with Crippen molar-refractivity contribution in [1.29, 1.82) is 0 Å². The highest BCUT2D eigenvalue weighted by Crippen LogP contribution is 2.28. The molecule has 3 heterocycles. The van der Waals surface area contributed by atoms with Gasteiger partial charge in [-0.3, -0.25) is 9.47 Å². The van der Waals surface area contributed by atoms with Crippen LogP contribution in [0.15, 0.2) is 83.8 Å². The van der Waals surface area contributed by atoms with Gasteiger partial charge < -0.3 is 9.72 Å². The lowest BCUT2D eigenvalue weighted by Gasteiger charge is -2.37. The molecule has 2 unspecified atom stereocenters. The molecule has 160 valence electrons. The van der Waals surface area contributed by atoms with Gasteiger partial charge in [-0.1, -0.05) is 60.7 Å². The van der Waals surface area contributed by atoms with E-state index in [0.29, 0.717) is 12.3 Å². The molecule has 0 radical (unpaired) electrons. The van der Waals surface area contributed by atoms with Crippen LogP contribution in [0.1, 0.15) is 17.2 Å². The van der Waals surface area contributed by atoms with Crippen molar-refractivity contribution in [3.8, 4) is 0 Å². The van der Waals surface area contributed by atoms with E-state index < -0.39 is 0 Å². The summed E-state index contributed by atoms with van der Waals surface area (Å²) in [6, 6.07) is 24.0. The van der Waals surface area contributed by atoms with E-state index >= 15 is 0 Å². The van der Waals surface area contributed by atoms with Crippen molar-refractivity contribution in [2.45, 2.75) is 18.7 Å². The summed E-state index contributed by atoms with van der Waals surface area (Å²) in [7, 11) is 0. The van der Waals surface area contributed by atoms with Crippen LogP contribution in [0.2, 0.25) is 0 Å². The highest BCUT2D eigenvalue weighted by atomic mass is 35.5. The molecule has 4 aromatic rings. The number of nitrogens with one attached hydrogen (secondary N) is 1. The zero-order chi connectivity index (χ0) is 20.3. The SMILES string of the molecule is Cl.O=c1[nH]c2cccnc2n1C(c1ccccc1)C1CN(Cc2ccccc2)CCO1. The zero-order valence-electron chi connectivity index (χ0n) is 17.1. The first kappa shape index (κ1) is 21.3. The molecule has 0 bridgehead atoms. The average molecular weight is 437 g/mol. The lowest BCUT2D eigenvalue weighted by Crippen LogP contribution is -2.47. The number of H-pyrrole nitrogens is 1. The maximum atomic E-state index is 13.0. The zero-order valence-corrected chi connectivity index (χ0v) is 17.9. The van der Waals surface area contributed by atoms with Crippen LogP contribution in [0.3, 0.4) is 0 Å². The van der Waals surface area contributed by atoms with Crippen LogP contribution in [0.25, 0.3) is 11.2 Å². The number of fused-ring (bicyclic) bond motifs is 1. The Kier molecular flexibility index (Phi) is 6.51. The van der Waals surface area contributed by atoms with Crippen molar-refractivity contribution in [2.75, 3.05) is 19.7 Å². The maximum absolute atomic E-state index is 13.0. The lowest BCUT2D eigenvalue weighted by molar-refractivity contribution is -0.0490. The van der Waals surface area contributed by atoms with Gasteiger partial charge in [0.05, 0.1) is 24.3 Å². The third kappa shape index (κ3) is 4.42. The highest BCUT2D eigenvalue weighted by molar-refractivity contribution is 5.85. The number of hydrogen-bond acceptors (Lipinski definition) is 4. The van der Waals surface area contributed by atoms with E-state index in [4.69, 9.17) is 4.74 Å². The van der Waals surface area contributed by atoms with E-state index in [1.54, 1.807) is 10.8 Å². The molecule has 0 spiro atoms. The molecule has 1 aliphatic heterocycles. The third-order valence-electron chi connectivity index (χ3n) is 5.67. The Morgan fingerprint density at radius 3 is 2.55 bits per heavy atom. The second-order valence-corrected chi connectivity index (χ2v) is 7.66. The number of benzene rings is 2. The molecule has 2 atom stereocenters. The topological polar surface area (TPSA) is 63.2 Å².